The zero-order valence-electron chi connectivity index (χ0n) is 8.47. The molecule has 1 rings (SSSR count). The first-order valence-electron chi connectivity index (χ1n) is 4.27. The lowest BCUT2D eigenvalue weighted by molar-refractivity contribution is -0.307. The van der Waals surface area contributed by atoms with E-state index in [9.17, 15) is 18.3 Å². The Morgan fingerprint density at radius 1 is 1.50 bits per heavy atom. The molecule has 0 saturated carbocycles. The van der Waals surface area contributed by atoms with Crippen molar-refractivity contribution in [1.29, 1.82) is 0 Å². The summed E-state index contributed by atoms with van der Waals surface area (Å²) in [5.74, 6) is -1.08. The van der Waals surface area contributed by atoms with Gasteiger partial charge < -0.3 is 14.6 Å². The number of rotatable bonds is 4. The Morgan fingerprint density at radius 2 is 2.12 bits per heavy atom. The van der Waals surface area contributed by atoms with Crippen molar-refractivity contribution >= 4 is 16.0 Å². The van der Waals surface area contributed by atoms with Crippen LogP contribution in [0, 0.1) is 6.92 Å². The summed E-state index contributed by atoms with van der Waals surface area (Å²) in [6, 6.07) is 3.89. The van der Waals surface area contributed by atoms with E-state index in [1.165, 1.54) is 18.2 Å². The number of ether oxygens (including phenoxy) is 1. The Bertz CT molecular complexity index is 509. The van der Waals surface area contributed by atoms with Crippen LogP contribution in [-0.4, -0.2) is 21.0 Å². The number of carboxylic acid groups (broad SMARTS) is 1. The highest BCUT2D eigenvalue weighted by Crippen LogP contribution is 2.20. The van der Waals surface area contributed by atoms with Gasteiger partial charge in [0.1, 0.15) is 12.4 Å². The number of carbonyl (C=O) groups excluding carboxylic acids is 1. The Balaban J connectivity index is 2.96. The van der Waals surface area contributed by atoms with Crippen LogP contribution in [0.1, 0.15) is 5.56 Å². The number of aliphatic carboxylic acids is 1. The molecule has 0 aliphatic heterocycles. The normalized spacial score (nSPS) is 11.1. The average molecular weight is 244 g/mol. The van der Waals surface area contributed by atoms with Gasteiger partial charge in [-0.25, -0.2) is 13.6 Å². The topological polar surface area (TPSA) is 110 Å². The highest BCUT2D eigenvalue weighted by Gasteiger charge is 2.09. The van der Waals surface area contributed by atoms with E-state index in [2.05, 4.69) is 0 Å². The fourth-order valence-corrected chi connectivity index (χ4v) is 1.70. The minimum absolute atomic E-state index is 0.0502. The second-order valence-electron chi connectivity index (χ2n) is 3.13. The van der Waals surface area contributed by atoms with Crippen molar-refractivity contribution in [3.63, 3.8) is 0 Å². The molecule has 0 spiro atoms. The Hall–Kier alpha value is -1.60. The Morgan fingerprint density at radius 3 is 2.56 bits per heavy atom. The molecule has 0 atom stereocenters. The van der Waals surface area contributed by atoms with Gasteiger partial charge >= 0.3 is 0 Å². The number of nitrogens with two attached hydrogens (primary N) is 1. The third-order valence-electron chi connectivity index (χ3n) is 1.82. The number of aryl methyl sites for hydroxylation is 1. The van der Waals surface area contributed by atoms with Gasteiger partial charge in [0.25, 0.3) is 0 Å². The third kappa shape index (κ3) is 3.21. The lowest BCUT2D eigenvalue weighted by atomic mass is 10.2. The summed E-state index contributed by atoms with van der Waals surface area (Å²) in [4.78, 5) is 10.1. The molecule has 7 heteroatoms. The van der Waals surface area contributed by atoms with Gasteiger partial charge in [0.15, 0.2) is 0 Å². The molecule has 0 aliphatic carbocycles. The zero-order valence-corrected chi connectivity index (χ0v) is 9.28. The lowest BCUT2D eigenvalue weighted by Crippen LogP contribution is -2.29. The maximum absolute atomic E-state index is 11.0. The van der Waals surface area contributed by atoms with Crippen LogP contribution in [0.3, 0.4) is 0 Å². The number of hydrogen-bond donors (Lipinski definition) is 1. The third-order valence-corrected chi connectivity index (χ3v) is 2.73. The smallest absolute Gasteiger partial charge is 0.238 e. The van der Waals surface area contributed by atoms with Crippen molar-refractivity contribution in [1.82, 2.24) is 0 Å². The van der Waals surface area contributed by atoms with Gasteiger partial charge in [-0.1, -0.05) is 0 Å². The SMILES string of the molecule is Cc1cc(S(N)(=O)=O)ccc1OCC(=O)[O-]. The molecule has 0 aliphatic rings. The summed E-state index contributed by atoms with van der Waals surface area (Å²) in [6.07, 6.45) is 0. The van der Waals surface area contributed by atoms with Crippen LogP contribution in [0.15, 0.2) is 23.1 Å². The quantitative estimate of drug-likeness (QED) is 0.713. The zero-order chi connectivity index (χ0) is 12.3. The fraction of sp³-hybridized carbons (Fsp3) is 0.222. The first kappa shape index (κ1) is 12.5. The molecule has 88 valence electrons. The van der Waals surface area contributed by atoms with E-state index in [0.717, 1.165) is 0 Å². The summed E-state index contributed by atoms with van der Waals surface area (Å²) in [7, 11) is -3.76. The molecule has 0 radical (unpaired) electrons. The number of carboxylic acids is 1. The maximum Gasteiger partial charge on any atom is 0.238 e. The summed E-state index contributed by atoms with van der Waals surface area (Å²) < 4.78 is 26.9. The van der Waals surface area contributed by atoms with Gasteiger partial charge in [0, 0.05) is 0 Å². The molecule has 2 N–H and O–H groups in total. The van der Waals surface area contributed by atoms with Crippen LogP contribution >= 0.6 is 0 Å². The molecule has 0 heterocycles. The number of sulfonamides is 1. The van der Waals surface area contributed by atoms with Crippen molar-refractivity contribution < 1.29 is 23.1 Å². The van der Waals surface area contributed by atoms with Gasteiger partial charge in [0.2, 0.25) is 10.0 Å². The Kier molecular flexibility index (Phi) is 3.51. The van der Waals surface area contributed by atoms with Crippen LogP contribution < -0.4 is 15.0 Å². The van der Waals surface area contributed by atoms with E-state index in [-0.39, 0.29) is 10.6 Å². The van der Waals surface area contributed by atoms with E-state index in [1.807, 2.05) is 0 Å². The van der Waals surface area contributed by atoms with Gasteiger partial charge in [0.05, 0.1) is 10.9 Å². The van der Waals surface area contributed by atoms with Crippen molar-refractivity contribution in [2.75, 3.05) is 6.61 Å². The Labute approximate surface area is 92.7 Å². The molecule has 0 fully saturated rings. The van der Waals surface area contributed by atoms with E-state index in [0.29, 0.717) is 5.56 Å². The minimum atomic E-state index is -3.76. The van der Waals surface area contributed by atoms with Gasteiger partial charge in [-0.2, -0.15) is 0 Å². The molecule has 0 saturated heterocycles. The molecular formula is C9H10NO5S-. The molecule has 0 bridgehead atoms. The number of primary sulfonamides is 1. The first-order valence-corrected chi connectivity index (χ1v) is 5.81. The molecule has 0 aromatic heterocycles. The van der Waals surface area contributed by atoms with Crippen LogP contribution in [0.4, 0.5) is 0 Å². The van der Waals surface area contributed by atoms with Crippen LogP contribution in [0.25, 0.3) is 0 Å². The maximum atomic E-state index is 11.0. The van der Waals surface area contributed by atoms with E-state index in [1.54, 1.807) is 6.92 Å². The molecule has 0 amide bonds. The number of hydrogen-bond acceptors (Lipinski definition) is 5. The molecule has 16 heavy (non-hydrogen) atoms. The highest BCUT2D eigenvalue weighted by atomic mass is 32.2. The number of benzene rings is 1. The average Bonchev–Trinajstić information content (AvgIpc) is 2.14. The van der Waals surface area contributed by atoms with Crippen molar-refractivity contribution in [2.45, 2.75) is 11.8 Å². The predicted molar refractivity (Wildman–Crippen MR) is 53.1 cm³/mol. The summed E-state index contributed by atoms with van der Waals surface area (Å²) >= 11 is 0. The molecule has 1 aromatic carbocycles. The predicted octanol–water partition coefficient (Wildman–Crippen LogP) is -1.23. The summed E-state index contributed by atoms with van der Waals surface area (Å²) in [6.45, 7) is 0.995. The van der Waals surface area contributed by atoms with Gasteiger partial charge in [-0.05, 0) is 30.7 Å². The molecule has 6 nitrogen and oxygen atoms in total. The summed E-state index contributed by atoms with van der Waals surface area (Å²) in [5.41, 5.74) is 0.479. The van der Waals surface area contributed by atoms with Crippen molar-refractivity contribution in [3.05, 3.63) is 23.8 Å². The molecule has 1 aromatic rings. The minimum Gasteiger partial charge on any atom is -0.546 e. The van der Waals surface area contributed by atoms with Crippen molar-refractivity contribution in [3.8, 4) is 5.75 Å². The monoisotopic (exact) mass is 244 g/mol. The van der Waals surface area contributed by atoms with Crippen molar-refractivity contribution in [2.24, 2.45) is 5.14 Å². The molecule has 0 unspecified atom stereocenters. The second-order valence-corrected chi connectivity index (χ2v) is 4.69. The van der Waals surface area contributed by atoms with E-state index < -0.39 is 22.6 Å². The fourth-order valence-electron chi connectivity index (χ4n) is 1.10. The first-order chi connectivity index (χ1) is 7.30. The molecular weight excluding hydrogens is 234 g/mol. The van der Waals surface area contributed by atoms with E-state index in [4.69, 9.17) is 9.88 Å². The van der Waals surface area contributed by atoms with Crippen LogP contribution in [0.5, 0.6) is 5.75 Å². The van der Waals surface area contributed by atoms with Crippen LogP contribution in [-0.2, 0) is 14.8 Å². The highest BCUT2D eigenvalue weighted by molar-refractivity contribution is 7.89. The lowest BCUT2D eigenvalue weighted by Gasteiger charge is -2.10. The van der Waals surface area contributed by atoms with Gasteiger partial charge in [-0.3, -0.25) is 0 Å². The van der Waals surface area contributed by atoms with E-state index >= 15 is 0 Å². The largest absolute Gasteiger partial charge is 0.546 e. The van der Waals surface area contributed by atoms with Crippen LogP contribution in [0.2, 0.25) is 0 Å². The second kappa shape index (κ2) is 4.50. The standard InChI is InChI=1S/C9H11NO5S/c1-6-4-7(16(10,13)14)2-3-8(6)15-5-9(11)12/h2-4H,5H2,1H3,(H,11,12)(H2,10,13,14)/p-1. The van der Waals surface area contributed by atoms with Gasteiger partial charge in [-0.15, -0.1) is 0 Å². The summed E-state index contributed by atoms with van der Waals surface area (Å²) in [5, 5.41) is 15.1. The number of carbonyl (C=O) groups is 1.